The van der Waals surface area contributed by atoms with Gasteiger partial charge in [-0.1, -0.05) is 25.1 Å². The second kappa shape index (κ2) is 7.59. The number of carbonyl (C=O) groups excluding carboxylic acids is 1. The van der Waals surface area contributed by atoms with Gasteiger partial charge >= 0.3 is 6.03 Å². The number of urea groups is 1. The van der Waals surface area contributed by atoms with Crippen molar-refractivity contribution in [1.82, 2.24) is 20.4 Å². The minimum atomic E-state index is -0.137. The standard InChI is InChI=1S/C19H26N4O2/c1-13(12-23-15(3)10-14(2)22-23)11-20-19(24)21-17-8-9-25-18-7-5-4-6-16(17)18/h4-7,10,13,17H,8-9,11-12H2,1-3H3,(H2,20,21,24)/t13-,17-/m1/s1. The van der Waals surface area contributed by atoms with E-state index in [9.17, 15) is 4.79 Å². The Morgan fingerprint density at radius 2 is 2.20 bits per heavy atom. The highest BCUT2D eigenvalue weighted by Gasteiger charge is 2.22. The summed E-state index contributed by atoms with van der Waals surface area (Å²) in [5.41, 5.74) is 3.21. The third-order valence-corrected chi connectivity index (χ3v) is 4.46. The number of amides is 2. The summed E-state index contributed by atoms with van der Waals surface area (Å²) in [5.74, 6) is 1.16. The maximum atomic E-state index is 12.3. The van der Waals surface area contributed by atoms with E-state index in [1.165, 1.54) is 0 Å². The van der Waals surface area contributed by atoms with E-state index >= 15 is 0 Å². The smallest absolute Gasteiger partial charge is 0.315 e. The lowest BCUT2D eigenvalue weighted by atomic mass is 10.0. The van der Waals surface area contributed by atoms with E-state index in [0.717, 1.165) is 35.7 Å². The van der Waals surface area contributed by atoms with Crippen molar-refractivity contribution < 1.29 is 9.53 Å². The molecule has 0 unspecified atom stereocenters. The summed E-state index contributed by atoms with van der Waals surface area (Å²) < 4.78 is 7.63. The van der Waals surface area contributed by atoms with Crippen LogP contribution >= 0.6 is 0 Å². The molecule has 1 aliphatic rings. The number of carbonyl (C=O) groups is 1. The Bertz CT molecular complexity index is 741. The molecule has 1 aromatic carbocycles. The Balaban J connectivity index is 1.49. The Kier molecular flexibility index (Phi) is 5.26. The van der Waals surface area contributed by atoms with Gasteiger partial charge < -0.3 is 15.4 Å². The molecule has 134 valence electrons. The number of rotatable bonds is 5. The van der Waals surface area contributed by atoms with E-state index < -0.39 is 0 Å². The molecule has 25 heavy (non-hydrogen) atoms. The van der Waals surface area contributed by atoms with Gasteiger partial charge in [0.1, 0.15) is 5.75 Å². The fourth-order valence-electron chi connectivity index (χ4n) is 3.19. The van der Waals surface area contributed by atoms with Gasteiger partial charge in [0.15, 0.2) is 0 Å². The first-order chi connectivity index (χ1) is 12.0. The molecule has 3 rings (SSSR count). The molecule has 0 fully saturated rings. The molecular formula is C19H26N4O2. The second-order valence-corrected chi connectivity index (χ2v) is 6.80. The topological polar surface area (TPSA) is 68.2 Å². The highest BCUT2D eigenvalue weighted by atomic mass is 16.5. The molecule has 2 heterocycles. The lowest BCUT2D eigenvalue weighted by Gasteiger charge is -2.27. The van der Waals surface area contributed by atoms with Gasteiger partial charge in [0, 0.05) is 30.8 Å². The molecular weight excluding hydrogens is 316 g/mol. The number of hydrogen-bond donors (Lipinski definition) is 2. The molecule has 6 nitrogen and oxygen atoms in total. The fourth-order valence-corrected chi connectivity index (χ4v) is 3.19. The van der Waals surface area contributed by atoms with Crippen molar-refractivity contribution in [3.63, 3.8) is 0 Å². The number of nitrogens with zero attached hydrogens (tertiary/aromatic N) is 2. The Labute approximate surface area is 148 Å². The minimum Gasteiger partial charge on any atom is -0.493 e. The average molecular weight is 342 g/mol. The minimum absolute atomic E-state index is 0.00346. The summed E-state index contributed by atoms with van der Waals surface area (Å²) in [4.78, 5) is 12.3. The third-order valence-electron chi connectivity index (χ3n) is 4.46. The van der Waals surface area contributed by atoms with Gasteiger partial charge in [-0.25, -0.2) is 4.79 Å². The summed E-state index contributed by atoms with van der Waals surface area (Å²) >= 11 is 0. The number of hydrogen-bond acceptors (Lipinski definition) is 3. The molecule has 0 saturated heterocycles. The zero-order chi connectivity index (χ0) is 17.8. The highest BCUT2D eigenvalue weighted by molar-refractivity contribution is 5.74. The number of para-hydroxylation sites is 1. The molecule has 0 radical (unpaired) electrons. The normalized spacial score (nSPS) is 17.3. The summed E-state index contributed by atoms with van der Waals surface area (Å²) in [5, 5.41) is 10.5. The van der Waals surface area contributed by atoms with Crippen LogP contribution in [-0.4, -0.2) is 29.0 Å². The SMILES string of the molecule is Cc1cc(C)n(C[C@H](C)CNC(=O)N[C@@H]2CCOc3ccccc32)n1. The van der Waals surface area contributed by atoms with Gasteiger partial charge in [-0.05, 0) is 31.9 Å². The van der Waals surface area contributed by atoms with Crippen molar-refractivity contribution in [2.45, 2.75) is 39.8 Å². The van der Waals surface area contributed by atoms with Crippen LogP contribution in [0.1, 0.15) is 36.3 Å². The van der Waals surface area contributed by atoms with E-state index in [4.69, 9.17) is 4.74 Å². The van der Waals surface area contributed by atoms with E-state index in [-0.39, 0.29) is 12.1 Å². The van der Waals surface area contributed by atoms with E-state index in [1.54, 1.807) is 0 Å². The van der Waals surface area contributed by atoms with Crippen LogP contribution in [0.5, 0.6) is 5.75 Å². The molecule has 0 saturated carbocycles. The predicted molar refractivity (Wildman–Crippen MR) is 96.7 cm³/mol. The molecule has 6 heteroatoms. The molecule has 2 amide bonds. The molecule has 1 aromatic heterocycles. The van der Waals surface area contributed by atoms with Crippen LogP contribution in [0.3, 0.4) is 0 Å². The number of aryl methyl sites for hydroxylation is 2. The van der Waals surface area contributed by atoms with Crippen LogP contribution < -0.4 is 15.4 Å². The number of aromatic nitrogens is 2. The first-order valence-corrected chi connectivity index (χ1v) is 8.80. The maximum Gasteiger partial charge on any atom is 0.315 e. The molecule has 0 bridgehead atoms. The molecule has 2 aromatic rings. The predicted octanol–water partition coefficient (Wildman–Crippen LogP) is 2.96. The van der Waals surface area contributed by atoms with Crippen LogP contribution in [0, 0.1) is 19.8 Å². The summed E-state index contributed by atoms with van der Waals surface area (Å²) in [6.45, 7) is 8.17. The Hall–Kier alpha value is -2.50. The molecule has 2 atom stereocenters. The molecule has 2 N–H and O–H groups in total. The Morgan fingerprint density at radius 3 is 2.96 bits per heavy atom. The van der Waals surface area contributed by atoms with Gasteiger partial charge in [-0.15, -0.1) is 0 Å². The number of ether oxygens (including phenoxy) is 1. The Morgan fingerprint density at radius 1 is 1.40 bits per heavy atom. The maximum absolute atomic E-state index is 12.3. The van der Waals surface area contributed by atoms with Gasteiger partial charge in [-0.3, -0.25) is 4.68 Å². The van der Waals surface area contributed by atoms with Crippen LogP contribution in [-0.2, 0) is 6.54 Å². The number of nitrogens with one attached hydrogen (secondary N) is 2. The van der Waals surface area contributed by atoms with Crippen LogP contribution in [0.2, 0.25) is 0 Å². The summed E-state index contributed by atoms with van der Waals surface area (Å²) in [7, 11) is 0. The summed E-state index contributed by atoms with van der Waals surface area (Å²) in [6, 6.07) is 9.79. The van der Waals surface area contributed by atoms with Crippen molar-refractivity contribution in [1.29, 1.82) is 0 Å². The molecule has 0 spiro atoms. The van der Waals surface area contributed by atoms with Crippen LogP contribution in [0.15, 0.2) is 30.3 Å². The third kappa shape index (κ3) is 4.32. The zero-order valence-corrected chi connectivity index (χ0v) is 15.1. The van der Waals surface area contributed by atoms with Crippen molar-refractivity contribution in [2.75, 3.05) is 13.2 Å². The zero-order valence-electron chi connectivity index (χ0n) is 15.1. The van der Waals surface area contributed by atoms with Crippen molar-refractivity contribution in [3.8, 4) is 5.75 Å². The van der Waals surface area contributed by atoms with Gasteiger partial charge in [0.2, 0.25) is 0 Å². The fraction of sp³-hybridized carbons (Fsp3) is 0.474. The van der Waals surface area contributed by atoms with Gasteiger partial charge in [-0.2, -0.15) is 5.10 Å². The van der Waals surface area contributed by atoms with Crippen molar-refractivity contribution in [2.24, 2.45) is 5.92 Å². The summed E-state index contributed by atoms with van der Waals surface area (Å²) in [6.07, 6.45) is 0.783. The van der Waals surface area contributed by atoms with E-state index in [1.807, 2.05) is 35.9 Å². The monoisotopic (exact) mass is 342 g/mol. The van der Waals surface area contributed by atoms with Crippen LogP contribution in [0.25, 0.3) is 0 Å². The van der Waals surface area contributed by atoms with Crippen molar-refractivity contribution >= 4 is 6.03 Å². The molecule has 1 aliphatic heterocycles. The van der Waals surface area contributed by atoms with Crippen LogP contribution in [0.4, 0.5) is 4.79 Å². The number of benzene rings is 1. The molecule has 0 aliphatic carbocycles. The second-order valence-electron chi connectivity index (χ2n) is 6.80. The van der Waals surface area contributed by atoms with E-state index in [0.29, 0.717) is 19.1 Å². The van der Waals surface area contributed by atoms with E-state index in [2.05, 4.69) is 35.6 Å². The lowest BCUT2D eigenvalue weighted by molar-refractivity contribution is 0.221. The van der Waals surface area contributed by atoms with Gasteiger partial charge in [0.05, 0.1) is 18.3 Å². The van der Waals surface area contributed by atoms with Crippen molar-refractivity contribution in [3.05, 3.63) is 47.3 Å². The number of fused-ring (bicyclic) bond motifs is 1. The lowest BCUT2D eigenvalue weighted by Crippen LogP contribution is -2.41. The highest BCUT2D eigenvalue weighted by Crippen LogP contribution is 2.31. The average Bonchev–Trinajstić information content (AvgIpc) is 2.90. The quantitative estimate of drug-likeness (QED) is 0.878. The first kappa shape index (κ1) is 17.3. The van der Waals surface area contributed by atoms with Gasteiger partial charge in [0.25, 0.3) is 0 Å². The first-order valence-electron chi connectivity index (χ1n) is 8.80. The largest absolute Gasteiger partial charge is 0.493 e.